The van der Waals surface area contributed by atoms with Crippen LogP contribution in [-0.4, -0.2) is 56.8 Å². The van der Waals surface area contributed by atoms with Crippen molar-refractivity contribution in [3.63, 3.8) is 0 Å². The lowest BCUT2D eigenvalue weighted by Crippen LogP contribution is -2.54. The smallest absolute Gasteiger partial charge is 0.243 e. The van der Waals surface area contributed by atoms with Gasteiger partial charge in [-0.15, -0.1) is 0 Å². The predicted octanol–water partition coefficient (Wildman–Crippen LogP) is 1.91. The van der Waals surface area contributed by atoms with Gasteiger partial charge >= 0.3 is 0 Å². The van der Waals surface area contributed by atoms with Crippen molar-refractivity contribution in [3.8, 4) is 5.75 Å². The highest BCUT2D eigenvalue weighted by Gasteiger charge is 2.36. The van der Waals surface area contributed by atoms with Gasteiger partial charge in [0, 0.05) is 19.1 Å². The van der Waals surface area contributed by atoms with Gasteiger partial charge in [0.2, 0.25) is 21.8 Å². The lowest BCUT2D eigenvalue weighted by molar-refractivity contribution is -0.133. The standard InChI is InChI=1S/C22H33N3O5S/c1-4-15(2)20(22(27)23-17-7-8-17)24-21(26)16-6-5-13-25(14-16)31(28,29)19-11-9-18(30-3)10-12-19/h9-12,15-17,20H,4-8,13-14H2,1-3H3,(H,23,27)(H,24,26)/t15-,16-,20-/m0/s1. The van der Waals surface area contributed by atoms with Crippen LogP contribution in [0.3, 0.4) is 0 Å². The maximum atomic E-state index is 13.1. The molecule has 2 fully saturated rings. The quantitative estimate of drug-likeness (QED) is 0.597. The van der Waals surface area contributed by atoms with Crippen LogP contribution in [0, 0.1) is 11.8 Å². The van der Waals surface area contributed by atoms with Crippen LogP contribution in [0.5, 0.6) is 5.75 Å². The second-order valence-electron chi connectivity index (χ2n) is 8.53. The Morgan fingerprint density at radius 2 is 1.87 bits per heavy atom. The fraction of sp³-hybridized carbons (Fsp3) is 0.636. The van der Waals surface area contributed by atoms with Gasteiger partial charge in [0.05, 0.1) is 17.9 Å². The molecule has 1 aliphatic heterocycles. The van der Waals surface area contributed by atoms with E-state index in [1.165, 1.54) is 23.5 Å². The minimum atomic E-state index is -3.71. The number of rotatable bonds is 9. The Kier molecular flexibility index (Phi) is 7.59. The number of carbonyl (C=O) groups excluding carboxylic acids is 2. The Balaban J connectivity index is 1.67. The minimum Gasteiger partial charge on any atom is -0.497 e. The summed E-state index contributed by atoms with van der Waals surface area (Å²) >= 11 is 0. The van der Waals surface area contributed by atoms with E-state index in [1.807, 2.05) is 13.8 Å². The number of nitrogens with one attached hydrogen (secondary N) is 2. The number of amides is 2. The summed E-state index contributed by atoms with van der Waals surface area (Å²) in [5, 5.41) is 5.88. The average molecular weight is 452 g/mol. The van der Waals surface area contributed by atoms with Gasteiger partial charge in [0.25, 0.3) is 0 Å². The first-order chi connectivity index (χ1) is 14.8. The molecule has 2 aliphatic rings. The zero-order chi connectivity index (χ0) is 22.6. The Bertz CT molecular complexity index is 883. The first-order valence-corrected chi connectivity index (χ1v) is 12.4. The van der Waals surface area contributed by atoms with Gasteiger partial charge in [-0.25, -0.2) is 8.42 Å². The molecule has 0 radical (unpaired) electrons. The van der Waals surface area contributed by atoms with Crippen LogP contribution in [0.4, 0.5) is 0 Å². The van der Waals surface area contributed by atoms with Crippen LogP contribution in [-0.2, 0) is 19.6 Å². The van der Waals surface area contributed by atoms with E-state index >= 15 is 0 Å². The highest BCUT2D eigenvalue weighted by Crippen LogP contribution is 2.26. The summed E-state index contributed by atoms with van der Waals surface area (Å²) in [6.45, 7) is 4.41. The maximum Gasteiger partial charge on any atom is 0.243 e. The molecule has 3 atom stereocenters. The van der Waals surface area contributed by atoms with Crippen molar-refractivity contribution in [2.24, 2.45) is 11.8 Å². The number of piperidine rings is 1. The summed E-state index contributed by atoms with van der Waals surface area (Å²) in [6.07, 6.45) is 3.90. The predicted molar refractivity (Wildman–Crippen MR) is 117 cm³/mol. The van der Waals surface area contributed by atoms with Crippen LogP contribution >= 0.6 is 0 Å². The molecule has 0 spiro atoms. The van der Waals surface area contributed by atoms with Crippen LogP contribution in [0.15, 0.2) is 29.2 Å². The van der Waals surface area contributed by atoms with Gasteiger partial charge < -0.3 is 15.4 Å². The number of sulfonamides is 1. The first kappa shape index (κ1) is 23.5. The monoisotopic (exact) mass is 451 g/mol. The lowest BCUT2D eigenvalue weighted by atomic mass is 9.95. The molecule has 0 bridgehead atoms. The van der Waals surface area contributed by atoms with E-state index in [2.05, 4.69) is 10.6 Å². The molecular formula is C22H33N3O5S. The largest absolute Gasteiger partial charge is 0.497 e. The topological polar surface area (TPSA) is 105 Å². The minimum absolute atomic E-state index is 0.00887. The van der Waals surface area contributed by atoms with Crippen molar-refractivity contribution < 1.29 is 22.7 Å². The number of methoxy groups -OCH3 is 1. The van der Waals surface area contributed by atoms with Crippen LogP contribution in [0.2, 0.25) is 0 Å². The number of ether oxygens (including phenoxy) is 1. The summed E-state index contributed by atoms with van der Waals surface area (Å²) in [5.74, 6) is -0.322. The highest BCUT2D eigenvalue weighted by molar-refractivity contribution is 7.89. The Labute approximate surface area is 184 Å². The summed E-state index contributed by atoms with van der Waals surface area (Å²) in [4.78, 5) is 25.8. The zero-order valence-corrected chi connectivity index (χ0v) is 19.3. The fourth-order valence-corrected chi connectivity index (χ4v) is 5.29. The first-order valence-electron chi connectivity index (χ1n) is 11.0. The molecule has 2 N–H and O–H groups in total. The summed E-state index contributed by atoms with van der Waals surface area (Å²) in [7, 11) is -2.19. The fourth-order valence-electron chi connectivity index (χ4n) is 3.76. The molecule has 9 heteroatoms. The lowest BCUT2D eigenvalue weighted by Gasteiger charge is -2.33. The van der Waals surface area contributed by atoms with Crippen LogP contribution in [0.25, 0.3) is 0 Å². The van der Waals surface area contributed by atoms with Crippen LogP contribution in [0.1, 0.15) is 46.0 Å². The third-order valence-electron chi connectivity index (χ3n) is 6.17. The molecule has 0 aromatic heterocycles. The van der Waals surface area contributed by atoms with Crippen molar-refractivity contribution in [2.75, 3.05) is 20.2 Å². The third-order valence-corrected chi connectivity index (χ3v) is 8.05. The van der Waals surface area contributed by atoms with Gasteiger partial charge in [-0.05, 0) is 55.9 Å². The van der Waals surface area contributed by atoms with Crippen molar-refractivity contribution in [1.29, 1.82) is 0 Å². The van der Waals surface area contributed by atoms with Gasteiger partial charge in [-0.1, -0.05) is 20.3 Å². The van der Waals surface area contributed by atoms with Gasteiger partial charge in [-0.2, -0.15) is 4.31 Å². The molecule has 172 valence electrons. The van der Waals surface area contributed by atoms with Crippen molar-refractivity contribution in [2.45, 2.75) is 62.9 Å². The van der Waals surface area contributed by atoms with Crippen LogP contribution < -0.4 is 15.4 Å². The molecular weight excluding hydrogens is 418 g/mol. The SMILES string of the molecule is CC[C@H](C)[C@H](NC(=O)[C@H]1CCCN(S(=O)(=O)c2ccc(OC)cc2)C1)C(=O)NC1CC1. The van der Waals surface area contributed by atoms with E-state index in [0.29, 0.717) is 25.1 Å². The number of carbonyl (C=O) groups is 2. The highest BCUT2D eigenvalue weighted by atomic mass is 32.2. The summed E-state index contributed by atoms with van der Waals surface area (Å²) in [6, 6.07) is 5.85. The molecule has 3 rings (SSSR count). The Morgan fingerprint density at radius 3 is 2.45 bits per heavy atom. The number of nitrogens with zero attached hydrogens (tertiary/aromatic N) is 1. The Hall–Kier alpha value is -2.13. The summed E-state index contributed by atoms with van der Waals surface area (Å²) < 4.78 is 32.6. The maximum absolute atomic E-state index is 13.1. The van der Waals surface area contributed by atoms with Gasteiger partial charge in [0.15, 0.2) is 0 Å². The van der Waals surface area contributed by atoms with Crippen molar-refractivity contribution in [3.05, 3.63) is 24.3 Å². The second-order valence-corrected chi connectivity index (χ2v) is 10.5. The zero-order valence-electron chi connectivity index (χ0n) is 18.5. The molecule has 8 nitrogen and oxygen atoms in total. The van der Waals surface area contributed by atoms with Crippen molar-refractivity contribution >= 4 is 21.8 Å². The van der Waals surface area contributed by atoms with E-state index in [0.717, 1.165) is 19.3 Å². The van der Waals surface area contributed by atoms with E-state index in [4.69, 9.17) is 4.74 Å². The molecule has 1 saturated carbocycles. The van der Waals surface area contributed by atoms with E-state index in [1.54, 1.807) is 12.1 Å². The summed E-state index contributed by atoms with van der Waals surface area (Å²) in [5.41, 5.74) is 0. The number of benzene rings is 1. The third kappa shape index (κ3) is 5.77. The number of hydrogen-bond donors (Lipinski definition) is 2. The Morgan fingerprint density at radius 1 is 1.19 bits per heavy atom. The molecule has 1 saturated heterocycles. The normalized spacial score (nSPS) is 21.7. The van der Waals surface area contributed by atoms with E-state index < -0.39 is 22.0 Å². The average Bonchev–Trinajstić information content (AvgIpc) is 3.60. The molecule has 1 aromatic rings. The molecule has 2 amide bonds. The molecule has 1 aromatic carbocycles. The molecule has 1 heterocycles. The van der Waals surface area contributed by atoms with E-state index in [-0.39, 0.29) is 35.2 Å². The second kappa shape index (κ2) is 9.99. The van der Waals surface area contributed by atoms with Gasteiger partial charge in [0.1, 0.15) is 11.8 Å². The molecule has 1 aliphatic carbocycles. The van der Waals surface area contributed by atoms with E-state index in [9.17, 15) is 18.0 Å². The van der Waals surface area contributed by atoms with Gasteiger partial charge in [-0.3, -0.25) is 9.59 Å². The van der Waals surface area contributed by atoms with Crippen molar-refractivity contribution in [1.82, 2.24) is 14.9 Å². The number of hydrogen-bond acceptors (Lipinski definition) is 5. The molecule has 31 heavy (non-hydrogen) atoms. The molecule has 0 unspecified atom stereocenters.